The maximum absolute atomic E-state index is 15.5. The molecule has 37 heavy (non-hydrogen) atoms. The number of hydrogen-bond donors (Lipinski definition) is 0. The number of anilines is 2. The summed E-state index contributed by atoms with van der Waals surface area (Å²) in [6, 6.07) is 35.2. The van der Waals surface area contributed by atoms with Crippen LogP contribution in [0.25, 0.3) is 5.69 Å². The molecular formula is C31H24FN5. The summed E-state index contributed by atoms with van der Waals surface area (Å²) in [5.74, 6) is 1.25. The maximum atomic E-state index is 15.5. The molecule has 0 bridgehead atoms. The lowest BCUT2D eigenvalue weighted by Crippen LogP contribution is -2.43. The van der Waals surface area contributed by atoms with Gasteiger partial charge in [0, 0.05) is 11.1 Å². The maximum Gasteiger partial charge on any atom is 0.213 e. The number of nitrogens with zero attached hydrogens (tertiary/aromatic N) is 5. The molecule has 0 saturated carbocycles. The first-order valence-corrected chi connectivity index (χ1v) is 12.4. The lowest BCUT2D eigenvalue weighted by Gasteiger charge is -2.35. The summed E-state index contributed by atoms with van der Waals surface area (Å²) in [5, 5.41) is 4.90. The van der Waals surface area contributed by atoms with Gasteiger partial charge in [0.2, 0.25) is 5.96 Å². The van der Waals surface area contributed by atoms with Crippen molar-refractivity contribution in [2.45, 2.75) is 19.5 Å². The number of fused-ring (bicyclic) bond motifs is 4. The van der Waals surface area contributed by atoms with E-state index < -0.39 is 6.04 Å². The van der Waals surface area contributed by atoms with E-state index in [1.165, 1.54) is 11.6 Å². The van der Waals surface area contributed by atoms with E-state index in [-0.39, 0.29) is 5.82 Å². The molecule has 0 fully saturated rings. The Bertz CT molecular complexity index is 1640. The van der Waals surface area contributed by atoms with E-state index in [1.54, 1.807) is 6.07 Å². The third-order valence-corrected chi connectivity index (χ3v) is 7.09. The van der Waals surface area contributed by atoms with E-state index in [4.69, 9.17) is 10.1 Å². The number of benzene rings is 4. The molecular weight excluding hydrogens is 461 g/mol. The Kier molecular flexibility index (Phi) is 4.92. The number of aryl methyl sites for hydroxylation is 1. The van der Waals surface area contributed by atoms with Crippen molar-refractivity contribution in [3.05, 3.63) is 137 Å². The minimum atomic E-state index is -0.414. The zero-order valence-electron chi connectivity index (χ0n) is 20.3. The number of aromatic nitrogens is 2. The van der Waals surface area contributed by atoms with Crippen LogP contribution >= 0.6 is 0 Å². The second-order valence-electron chi connectivity index (χ2n) is 9.34. The summed E-state index contributed by atoms with van der Waals surface area (Å²) in [6.45, 7) is 2.63. The van der Waals surface area contributed by atoms with Crippen LogP contribution in [-0.4, -0.2) is 15.7 Å². The highest BCUT2D eigenvalue weighted by molar-refractivity contribution is 6.18. The molecule has 0 radical (unpaired) electrons. The highest BCUT2D eigenvalue weighted by atomic mass is 19.1. The molecule has 5 nitrogen and oxygen atoms in total. The van der Waals surface area contributed by atoms with Crippen LogP contribution in [0.5, 0.6) is 0 Å². The molecule has 5 aromatic rings. The van der Waals surface area contributed by atoms with E-state index >= 15 is 4.39 Å². The van der Waals surface area contributed by atoms with Crippen LogP contribution in [0.4, 0.5) is 21.6 Å². The summed E-state index contributed by atoms with van der Waals surface area (Å²) < 4.78 is 17.4. The third-order valence-electron chi connectivity index (χ3n) is 7.09. The summed E-state index contributed by atoms with van der Waals surface area (Å²) in [7, 11) is 0. The van der Waals surface area contributed by atoms with Gasteiger partial charge in [-0.2, -0.15) is 10.1 Å². The molecule has 2 aliphatic heterocycles. The van der Waals surface area contributed by atoms with Gasteiger partial charge in [0.25, 0.3) is 0 Å². The summed E-state index contributed by atoms with van der Waals surface area (Å²) in [4.78, 5) is 9.64. The van der Waals surface area contributed by atoms with Crippen molar-refractivity contribution < 1.29 is 4.39 Å². The third kappa shape index (κ3) is 3.37. The van der Waals surface area contributed by atoms with Gasteiger partial charge in [-0.25, -0.2) is 9.07 Å². The molecule has 0 aliphatic carbocycles. The van der Waals surface area contributed by atoms with Crippen LogP contribution in [0.1, 0.15) is 28.4 Å². The summed E-state index contributed by atoms with van der Waals surface area (Å²) >= 11 is 0. The van der Waals surface area contributed by atoms with Crippen LogP contribution in [0.3, 0.4) is 0 Å². The van der Waals surface area contributed by atoms with Gasteiger partial charge in [0.15, 0.2) is 5.82 Å². The molecule has 7 rings (SSSR count). The first-order valence-electron chi connectivity index (χ1n) is 12.4. The lowest BCUT2D eigenvalue weighted by molar-refractivity contribution is 0.597. The molecule has 180 valence electrons. The standard InChI is InChI=1S/C31H24FN5/c1-21-28-29(24-16-8-9-17-25(24)32)36-27-19-11-10-18-26(27)35(20-22-12-4-2-5-13-22)31(36)33-30(28)37(34-21)23-14-6-3-7-15-23/h2-19,29H,20H2,1H3. The lowest BCUT2D eigenvalue weighted by atomic mass is 9.95. The number of rotatable bonds is 4. The smallest absolute Gasteiger partial charge is 0.213 e. The molecule has 3 heterocycles. The predicted octanol–water partition coefficient (Wildman–Crippen LogP) is 6.94. The first-order chi connectivity index (χ1) is 18.2. The number of halogens is 1. The number of aliphatic imine (C=N–C) groups is 1. The number of hydrogen-bond acceptors (Lipinski definition) is 4. The quantitative estimate of drug-likeness (QED) is 0.277. The number of guanidine groups is 1. The Morgan fingerprint density at radius 2 is 1.41 bits per heavy atom. The average Bonchev–Trinajstić information content (AvgIpc) is 3.44. The van der Waals surface area contributed by atoms with Crippen LogP contribution in [0, 0.1) is 12.7 Å². The molecule has 0 spiro atoms. The Morgan fingerprint density at radius 1 is 0.757 bits per heavy atom. The van der Waals surface area contributed by atoms with E-state index in [1.807, 2.05) is 84.4 Å². The van der Waals surface area contributed by atoms with E-state index in [0.29, 0.717) is 12.1 Å². The average molecular weight is 486 g/mol. The second-order valence-corrected chi connectivity index (χ2v) is 9.34. The molecule has 1 aromatic heterocycles. The van der Waals surface area contributed by atoms with Crippen LogP contribution in [0.15, 0.2) is 114 Å². The number of para-hydroxylation sites is 3. The van der Waals surface area contributed by atoms with Crippen LogP contribution in [-0.2, 0) is 6.54 Å². The van der Waals surface area contributed by atoms with E-state index in [0.717, 1.165) is 40.1 Å². The largest absolute Gasteiger partial charge is 0.305 e. The fourth-order valence-electron chi connectivity index (χ4n) is 5.45. The van der Waals surface area contributed by atoms with Gasteiger partial charge in [0.1, 0.15) is 5.82 Å². The van der Waals surface area contributed by atoms with Crippen molar-refractivity contribution in [3.63, 3.8) is 0 Å². The van der Waals surface area contributed by atoms with Crippen LogP contribution < -0.4 is 9.80 Å². The molecule has 6 heteroatoms. The van der Waals surface area contributed by atoms with Gasteiger partial charge >= 0.3 is 0 Å². The Labute approximate surface area is 214 Å². The zero-order valence-corrected chi connectivity index (χ0v) is 20.3. The minimum absolute atomic E-state index is 0.245. The van der Waals surface area contributed by atoms with Gasteiger partial charge in [-0.15, -0.1) is 0 Å². The normalized spacial score (nSPS) is 15.7. The molecule has 0 saturated heterocycles. The molecule has 0 N–H and O–H groups in total. The van der Waals surface area contributed by atoms with Crippen LogP contribution in [0.2, 0.25) is 0 Å². The van der Waals surface area contributed by atoms with Crippen molar-refractivity contribution in [2.24, 2.45) is 4.99 Å². The SMILES string of the molecule is Cc1nn(-c2ccccc2)c2c1C(c1ccccc1F)N1C(=N2)N(Cc2ccccc2)c2ccccc21. The van der Waals surface area contributed by atoms with Gasteiger partial charge in [-0.3, -0.25) is 4.90 Å². The molecule has 0 amide bonds. The zero-order chi connectivity index (χ0) is 24.9. The fourth-order valence-corrected chi connectivity index (χ4v) is 5.45. The summed E-state index contributed by atoms with van der Waals surface area (Å²) in [6.07, 6.45) is 0. The topological polar surface area (TPSA) is 36.7 Å². The van der Waals surface area contributed by atoms with Crippen molar-refractivity contribution in [1.29, 1.82) is 0 Å². The molecule has 1 atom stereocenters. The van der Waals surface area contributed by atoms with Crippen molar-refractivity contribution >= 4 is 23.2 Å². The highest BCUT2D eigenvalue weighted by Gasteiger charge is 2.45. The van der Waals surface area contributed by atoms with Crippen molar-refractivity contribution in [1.82, 2.24) is 9.78 Å². The molecule has 1 unspecified atom stereocenters. The summed E-state index contributed by atoms with van der Waals surface area (Å²) in [5.41, 5.74) is 6.48. The fraction of sp³-hybridized carbons (Fsp3) is 0.0968. The Balaban J connectivity index is 1.50. The van der Waals surface area contributed by atoms with Crippen molar-refractivity contribution in [3.8, 4) is 5.69 Å². The van der Waals surface area contributed by atoms with E-state index in [2.05, 4.69) is 34.1 Å². The minimum Gasteiger partial charge on any atom is -0.305 e. The molecule has 4 aromatic carbocycles. The molecule has 2 aliphatic rings. The van der Waals surface area contributed by atoms with E-state index in [9.17, 15) is 0 Å². The Morgan fingerprint density at radius 3 is 2.16 bits per heavy atom. The van der Waals surface area contributed by atoms with Gasteiger partial charge in [-0.05, 0) is 42.8 Å². The van der Waals surface area contributed by atoms with Gasteiger partial charge in [0.05, 0.1) is 35.3 Å². The van der Waals surface area contributed by atoms with Crippen molar-refractivity contribution in [2.75, 3.05) is 9.80 Å². The highest BCUT2D eigenvalue weighted by Crippen LogP contribution is 2.51. The van der Waals surface area contributed by atoms with Gasteiger partial charge < -0.3 is 4.90 Å². The first kappa shape index (κ1) is 21.6. The Hall–Kier alpha value is -4.71. The second kappa shape index (κ2) is 8.45. The predicted molar refractivity (Wildman–Crippen MR) is 145 cm³/mol. The monoisotopic (exact) mass is 485 g/mol. The van der Waals surface area contributed by atoms with Gasteiger partial charge in [-0.1, -0.05) is 78.9 Å².